The Balaban J connectivity index is 1.59. The summed E-state index contributed by atoms with van der Waals surface area (Å²) >= 11 is 0. The summed E-state index contributed by atoms with van der Waals surface area (Å²) in [5.74, 6) is -0.274. The van der Waals surface area contributed by atoms with E-state index >= 15 is 0 Å². The molecule has 1 aromatic carbocycles. The van der Waals surface area contributed by atoms with Gasteiger partial charge < -0.3 is 19.4 Å². The van der Waals surface area contributed by atoms with Crippen molar-refractivity contribution in [1.82, 2.24) is 4.90 Å². The van der Waals surface area contributed by atoms with Gasteiger partial charge in [-0.25, -0.2) is 13.2 Å². The summed E-state index contributed by atoms with van der Waals surface area (Å²) in [6.07, 6.45) is 1.98. The number of anilines is 1. The van der Waals surface area contributed by atoms with Crippen LogP contribution >= 0.6 is 0 Å². The molecule has 1 aliphatic heterocycles. The predicted octanol–water partition coefficient (Wildman–Crippen LogP) is 2.08. The molecule has 2 aromatic rings. The van der Waals surface area contributed by atoms with Crippen LogP contribution in [0.2, 0.25) is 0 Å². The van der Waals surface area contributed by atoms with Crippen LogP contribution in [-0.2, 0) is 25.9 Å². The molecule has 1 saturated heterocycles. The summed E-state index contributed by atoms with van der Waals surface area (Å²) in [7, 11) is -3.11. The molecule has 0 bridgehead atoms. The van der Waals surface area contributed by atoms with Crippen molar-refractivity contribution in [2.24, 2.45) is 0 Å². The van der Waals surface area contributed by atoms with Crippen LogP contribution in [0.1, 0.15) is 29.5 Å². The Morgan fingerprint density at radius 1 is 1.24 bits per heavy atom. The Morgan fingerprint density at radius 2 is 2.03 bits per heavy atom. The van der Waals surface area contributed by atoms with E-state index < -0.39 is 28.3 Å². The van der Waals surface area contributed by atoms with E-state index in [4.69, 9.17) is 9.15 Å². The van der Waals surface area contributed by atoms with E-state index in [1.807, 2.05) is 6.07 Å². The molecule has 3 rings (SSSR count). The van der Waals surface area contributed by atoms with Gasteiger partial charge in [0.15, 0.2) is 16.4 Å². The summed E-state index contributed by atoms with van der Waals surface area (Å²) in [5, 5.41) is 3.12. The second-order valence-corrected chi connectivity index (χ2v) is 9.02. The first-order valence-electron chi connectivity index (χ1n) is 9.42. The number of sulfone groups is 1. The highest BCUT2D eigenvalue weighted by Crippen LogP contribution is 2.19. The molecule has 1 unspecified atom stereocenters. The minimum atomic E-state index is -3.11. The average Bonchev–Trinajstić information content (AvgIpc) is 3.34. The first-order valence-corrected chi connectivity index (χ1v) is 11.2. The van der Waals surface area contributed by atoms with Crippen LogP contribution in [-0.4, -0.2) is 55.9 Å². The van der Waals surface area contributed by atoms with Crippen molar-refractivity contribution >= 4 is 27.4 Å². The SMILES string of the molecule is CCN(C(=O)COC(=O)c1ccccc1NCc1ccco1)C1CCS(=O)(=O)C1. The number of ether oxygens (including phenoxy) is 1. The maximum Gasteiger partial charge on any atom is 0.340 e. The number of rotatable bonds is 8. The number of furan rings is 1. The van der Waals surface area contributed by atoms with Gasteiger partial charge in [0.2, 0.25) is 0 Å². The van der Waals surface area contributed by atoms with E-state index in [9.17, 15) is 18.0 Å². The Morgan fingerprint density at radius 3 is 2.69 bits per heavy atom. The molecule has 1 N–H and O–H groups in total. The topological polar surface area (TPSA) is 106 Å². The molecule has 0 radical (unpaired) electrons. The van der Waals surface area contributed by atoms with Crippen LogP contribution in [0.3, 0.4) is 0 Å². The van der Waals surface area contributed by atoms with E-state index in [0.29, 0.717) is 36.5 Å². The number of nitrogens with zero attached hydrogens (tertiary/aromatic N) is 1. The molecule has 29 heavy (non-hydrogen) atoms. The first-order chi connectivity index (χ1) is 13.9. The number of hydrogen-bond donors (Lipinski definition) is 1. The monoisotopic (exact) mass is 420 g/mol. The maximum atomic E-state index is 12.5. The van der Waals surface area contributed by atoms with Gasteiger partial charge in [0.25, 0.3) is 5.91 Å². The molecule has 156 valence electrons. The van der Waals surface area contributed by atoms with Crippen LogP contribution in [0.5, 0.6) is 0 Å². The van der Waals surface area contributed by atoms with E-state index in [1.165, 1.54) is 4.90 Å². The fourth-order valence-electron chi connectivity index (χ4n) is 3.36. The van der Waals surface area contributed by atoms with Crippen LogP contribution in [0.15, 0.2) is 47.1 Å². The molecule has 0 aliphatic carbocycles. The number of para-hydroxylation sites is 1. The van der Waals surface area contributed by atoms with Gasteiger partial charge in [-0.1, -0.05) is 12.1 Å². The zero-order valence-corrected chi connectivity index (χ0v) is 17.0. The number of amides is 1. The molecule has 2 heterocycles. The van der Waals surface area contributed by atoms with Gasteiger partial charge in [-0.2, -0.15) is 0 Å². The lowest BCUT2D eigenvalue weighted by Gasteiger charge is -2.26. The van der Waals surface area contributed by atoms with Crippen molar-refractivity contribution in [2.45, 2.75) is 25.9 Å². The number of esters is 1. The smallest absolute Gasteiger partial charge is 0.340 e. The Hall–Kier alpha value is -2.81. The van der Waals surface area contributed by atoms with Gasteiger partial charge in [-0.05, 0) is 37.6 Å². The van der Waals surface area contributed by atoms with Gasteiger partial charge >= 0.3 is 5.97 Å². The zero-order chi connectivity index (χ0) is 20.9. The second-order valence-electron chi connectivity index (χ2n) is 6.79. The van der Waals surface area contributed by atoms with E-state index in [0.717, 1.165) is 0 Å². The number of likely N-dealkylation sites (N-methyl/N-ethyl adjacent to an activating group) is 1. The van der Waals surface area contributed by atoms with Crippen molar-refractivity contribution in [2.75, 3.05) is 30.0 Å². The van der Waals surface area contributed by atoms with Crippen LogP contribution in [0.4, 0.5) is 5.69 Å². The Bertz CT molecular complexity index is 955. The summed E-state index contributed by atoms with van der Waals surface area (Å²) in [6, 6.07) is 10.1. The standard InChI is InChI=1S/C20H24N2O6S/c1-2-22(15-9-11-29(25,26)14-15)19(23)13-28-20(24)17-7-3-4-8-18(17)21-12-16-6-5-10-27-16/h3-8,10,15,21H,2,9,11-14H2,1H3. The fraction of sp³-hybridized carbons (Fsp3) is 0.400. The molecule has 0 saturated carbocycles. The second kappa shape index (κ2) is 9.13. The van der Waals surface area contributed by atoms with Gasteiger partial charge in [-0.15, -0.1) is 0 Å². The van der Waals surface area contributed by atoms with Crippen molar-refractivity contribution in [3.63, 3.8) is 0 Å². The largest absolute Gasteiger partial charge is 0.467 e. The molecule has 1 atom stereocenters. The third-order valence-electron chi connectivity index (χ3n) is 4.82. The summed E-state index contributed by atoms with van der Waals surface area (Å²) in [6.45, 7) is 2.10. The highest BCUT2D eigenvalue weighted by Gasteiger charge is 2.34. The Kier molecular flexibility index (Phi) is 6.58. The summed E-state index contributed by atoms with van der Waals surface area (Å²) < 4.78 is 33.8. The fourth-order valence-corrected chi connectivity index (χ4v) is 5.09. The number of carbonyl (C=O) groups is 2. The third kappa shape index (κ3) is 5.38. The first kappa shape index (κ1) is 20.9. The van der Waals surface area contributed by atoms with Crippen molar-refractivity contribution < 1.29 is 27.2 Å². The molecule has 9 heteroatoms. The van der Waals surface area contributed by atoms with Gasteiger partial charge in [-0.3, -0.25) is 4.79 Å². The molecular weight excluding hydrogens is 396 g/mol. The van der Waals surface area contributed by atoms with E-state index in [1.54, 1.807) is 43.5 Å². The lowest BCUT2D eigenvalue weighted by atomic mass is 10.1. The van der Waals surface area contributed by atoms with Gasteiger partial charge in [0.1, 0.15) is 5.76 Å². The Labute approximate surface area is 169 Å². The maximum absolute atomic E-state index is 12.5. The minimum absolute atomic E-state index is 0.0416. The molecular formula is C20H24N2O6S. The average molecular weight is 420 g/mol. The zero-order valence-electron chi connectivity index (χ0n) is 16.2. The predicted molar refractivity (Wildman–Crippen MR) is 107 cm³/mol. The molecule has 8 nitrogen and oxygen atoms in total. The highest BCUT2D eigenvalue weighted by molar-refractivity contribution is 7.91. The molecule has 1 fully saturated rings. The minimum Gasteiger partial charge on any atom is -0.467 e. The number of hydrogen-bond acceptors (Lipinski definition) is 7. The lowest BCUT2D eigenvalue weighted by molar-refractivity contribution is -0.136. The third-order valence-corrected chi connectivity index (χ3v) is 6.57. The van der Waals surface area contributed by atoms with Gasteiger partial charge in [0, 0.05) is 18.3 Å². The molecule has 1 amide bonds. The molecule has 1 aliphatic rings. The van der Waals surface area contributed by atoms with Gasteiger partial charge in [0.05, 0.1) is 29.9 Å². The lowest BCUT2D eigenvalue weighted by Crippen LogP contribution is -2.43. The number of nitrogens with one attached hydrogen (secondary N) is 1. The van der Waals surface area contributed by atoms with Crippen molar-refractivity contribution in [3.05, 3.63) is 54.0 Å². The molecule has 0 spiro atoms. The van der Waals surface area contributed by atoms with Crippen LogP contribution in [0.25, 0.3) is 0 Å². The number of benzene rings is 1. The molecule has 1 aromatic heterocycles. The van der Waals surface area contributed by atoms with E-state index in [2.05, 4.69) is 5.32 Å². The van der Waals surface area contributed by atoms with Crippen molar-refractivity contribution in [1.29, 1.82) is 0 Å². The quantitative estimate of drug-likeness (QED) is 0.652. The van der Waals surface area contributed by atoms with Crippen molar-refractivity contribution in [3.8, 4) is 0 Å². The summed E-state index contributed by atoms with van der Waals surface area (Å²) in [4.78, 5) is 26.5. The van der Waals surface area contributed by atoms with E-state index in [-0.39, 0.29) is 17.5 Å². The van der Waals surface area contributed by atoms with Crippen LogP contribution < -0.4 is 5.32 Å². The van der Waals surface area contributed by atoms with Crippen LogP contribution in [0, 0.1) is 0 Å². The summed E-state index contributed by atoms with van der Waals surface area (Å²) in [5.41, 5.74) is 0.869. The normalized spacial score (nSPS) is 17.6. The number of carbonyl (C=O) groups excluding carboxylic acids is 2. The highest BCUT2D eigenvalue weighted by atomic mass is 32.2.